The third-order valence-electron chi connectivity index (χ3n) is 3.23. The number of amides is 1. The van der Waals surface area contributed by atoms with Crippen LogP contribution in [-0.4, -0.2) is 57.9 Å². The van der Waals surface area contributed by atoms with Gasteiger partial charge in [-0.15, -0.1) is 0 Å². The molecular formula is C14H16KNO8. The van der Waals surface area contributed by atoms with Crippen LogP contribution in [0.1, 0.15) is 6.92 Å². The topological polar surface area (TPSA) is 148 Å². The van der Waals surface area contributed by atoms with E-state index in [1.165, 1.54) is 31.2 Å². The molecule has 1 saturated heterocycles. The molecule has 1 amide bonds. The van der Waals surface area contributed by atoms with Crippen LogP contribution in [0, 0.1) is 0 Å². The van der Waals surface area contributed by atoms with Gasteiger partial charge in [-0.2, -0.15) is 0 Å². The molecule has 0 unspecified atom stereocenters. The standard InChI is InChI=1S/C14H17NO8.K/c1-6(16)15-7-2-4-8(5-3-7)22-14-11(19)9(17)10(18)12(23-14)13(20)21;/h2-5,9-12,14,17-19H,1H3,(H,15,16)(H,20,21);/q;+1/p-1/t9-,10-,11+,12-,14+;/m0./s1. The number of carbonyl (C=O) groups is 2. The average Bonchev–Trinajstić information content (AvgIpc) is 2.48. The number of aliphatic hydroxyl groups excluding tert-OH is 3. The maximum Gasteiger partial charge on any atom is 1.00 e. The Morgan fingerprint density at radius 2 is 1.71 bits per heavy atom. The summed E-state index contributed by atoms with van der Waals surface area (Å²) in [5, 5.41) is 42.4. The molecule has 4 N–H and O–H groups in total. The van der Waals surface area contributed by atoms with Crippen LogP contribution in [0.15, 0.2) is 24.3 Å². The number of carboxylic acid groups (broad SMARTS) is 1. The van der Waals surface area contributed by atoms with Gasteiger partial charge < -0.3 is 40.0 Å². The molecule has 10 heteroatoms. The van der Waals surface area contributed by atoms with E-state index < -0.39 is 36.7 Å². The number of carboxylic acids is 1. The predicted octanol–water partition coefficient (Wildman–Crippen LogP) is -5.41. The van der Waals surface area contributed by atoms with Crippen LogP contribution in [-0.2, 0) is 14.3 Å². The molecule has 2 rings (SSSR count). The van der Waals surface area contributed by atoms with E-state index in [-0.39, 0.29) is 63.0 Å². The Bertz CT molecular complexity index is 581. The molecule has 5 atom stereocenters. The largest absolute Gasteiger partial charge is 1.00 e. The molecule has 126 valence electrons. The van der Waals surface area contributed by atoms with E-state index in [2.05, 4.69) is 5.32 Å². The molecule has 0 saturated carbocycles. The molecule has 9 nitrogen and oxygen atoms in total. The summed E-state index contributed by atoms with van der Waals surface area (Å²) in [6.45, 7) is 1.35. The second kappa shape index (κ2) is 9.22. The zero-order chi connectivity index (χ0) is 17.1. The summed E-state index contributed by atoms with van der Waals surface area (Å²) in [7, 11) is 0. The fraction of sp³-hybridized carbons (Fsp3) is 0.429. The molecule has 0 aliphatic carbocycles. The van der Waals surface area contributed by atoms with Crippen molar-refractivity contribution >= 4 is 17.6 Å². The van der Waals surface area contributed by atoms with Crippen molar-refractivity contribution in [1.82, 2.24) is 0 Å². The van der Waals surface area contributed by atoms with Crippen LogP contribution in [0.2, 0.25) is 0 Å². The van der Waals surface area contributed by atoms with Crippen LogP contribution in [0.25, 0.3) is 0 Å². The number of anilines is 1. The summed E-state index contributed by atoms with van der Waals surface area (Å²) < 4.78 is 10.2. The second-order valence-corrected chi connectivity index (χ2v) is 5.04. The van der Waals surface area contributed by atoms with Crippen LogP contribution < -0.4 is 66.5 Å². The number of hydrogen-bond acceptors (Lipinski definition) is 8. The van der Waals surface area contributed by atoms with Crippen molar-refractivity contribution in [2.45, 2.75) is 37.6 Å². The zero-order valence-electron chi connectivity index (χ0n) is 13.1. The third-order valence-corrected chi connectivity index (χ3v) is 3.23. The van der Waals surface area contributed by atoms with E-state index in [1.54, 1.807) is 0 Å². The molecule has 0 spiro atoms. The van der Waals surface area contributed by atoms with Gasteiger partial charge in [-0.3, -0.25) is 4.79 Å². The second-order valence-electron chi connectivity index (χ2n) is 5.04. The van der Waals surface area contributed by atoms with Crippen LogP contribution in [0.3, 0.4) is 0 Å². The van der Waals surface area contributed by atoms with Gasteiger partial charge in [0.15, 0.2) is 0 Å². The molecule has 1 heterocycles. The summed E-state index contributed by atoms with van der Waals surface area (Å²) in [6, 6.07) is 5.94. The minimum absolute atomic E-state index is 0. The van der Waals surface area contributed by atoms with E-state index in [9.17, 15) is 30.0 Å². The number of aliphatic carboxylic acids is 1. The van der Waals surface area contributed by atoms with E-state index in [0.717, 1.165) is 0 Å². The quantitative estimate of drug-likeness (QED) is 0.386. The molecule has 1 aromatic rings. The fourth-order valence-electron chi connectivity index (χ4n) is 2.09. The van der Waals surface area contributed by atoms with Crippen molar-refractivity contribution < 1.29 is 90.9 Å². The van der Waals surface area contributed by atoms with Gasteiger partial charge in [0.25, 0.3) is 0 Å². The van der Waals surface area contributed by atoms with Gasteiger partial charge in [-0.1, -0.05) is 0 Å². The normalized spacial score (nSPS) is 29.2. The first kappa shape index (κ1) is 21.5. The minimum atomic E-state index is -1.84. The van der Waals surface area contributed by atoms with Gasteiger partial charge in [0.05, 0.1) is 5.97 Å². The number of hydrogen-bond donors (Lipinski definition) is 4. The van der Waals surface area contributed by atoms with Gasteiger partial charge in [-0.05, 0) is 24.3 Å². The Morgan fingerprint density at radius 3 is 2.21 bits per heavy atom. The van der Waals surface area contributed by atoms with Crippen molar-refractivity contribution in [2.75, 3.05) is 5.32 Å². The summed E-state index contributed by atoms with van der Waals surface area (Å²) in [4.78, 5) is 21.8. The third kappa shape index (κ3) is 5.21. The first-order valence-electron chi connectivity index (χ1n) is 6.74. The first-order chi connectivity index (χ1) is 10.8. The summed E-state index contributed by atoms with van der Waals surface area (Å²) in [5.41, 5.74) is 0.512. The smallest absolute Gasteiger partial charge is 0.547 e. The van der Waals surface area contributed by atoms with Crippen molar-refractivity contribution in [2.24, 2.45) is 0 Å². The van der Waals surface area contributed by atoms with Crippen molar-refractivity contribution in [3.8, 4) is 5.75 Å². The molecule has 0 bridgehead atoms. The van der Waals surface area contributed by atoms with Crippen molar-refractivity contribution in [1.29, 1.82) is 0 Å². The van der Waals surface area contributed by atoms with Gasteiger partial charge in [0.2, 0.25) is 12.2 Å². The predicted molar refractivity (Wildman–Crippen MR) is 73.1 cm³/mol. The van der Waals surface area contributed by atoms with Gasteiger partial charge in [0.1, 0.15) is 30.2 Å². The van der Waals surface area contributed by atoms with E-state index in [0.29, 0.717) is 5.69 Å². The Balaban J connectivity index is 0.00000288. The summed E-state index contributed by atoms with van der Waals surface area (Å²) >= 11 is 0. The van der Waals surface area contributed by atoms with E-state index >= 15 is 0 Å². The SMILES string of the molecule is CC(=O)Nc1ccc(O[C@@H]2O[C@H](C(=O)[O-])[C@@H](O)[C@H](O)[C@H]2O)cc1.[K+]. The van der Waals surface area contributed by atoms with Crippen molar-refractivity contribution in [3.63, 3.8) is 0 Å². The Hall–Kier alpha value is -0.564. The summed E-state index contributed by atoms with van der Waals surface area (Å²) in [5.74, 6) is -1.79. The zero-order valence-corrected chi connectivity index (χ0v) is 16.2. The Labute approximate surface area is 180 Å². The number of benzene rings is 1. The minimum Gasteiger partial charge on any atom is -0.547 e. The molecule has 1 aliphatic heterocycles. The molecule has 1 aromatic carbocycles. The molecule has 1 fully saturated rings. The van der Waals surface area contributed by atoms with Gasteiger partial charge in [-0.25, -0.2) is 0 Å². The Kier molecular flexibility index (Phi) is 8.25. The number of aliphatic hydroxyl groups is 3. The molecule has 24 heavy (non-hydrogen) atoms. The van der Waals surface area contributed by atoms with Crippen LogP contribution in [0.5, 0.6) is 5.75 Å². The number of carbonyl (C=O) groups excluding carboxylic acids is 2. The molecule has 0 radical (unpaired) electrons. The van der Waals surface area contributed by atoms with Gasteiger partial charge >= 0.3 is 51.4 Å². The van der Waals surface area contributed by atoms with E-state index in [1.807, 2.05) is 0 Å². The fourth-order valence-corrected chi connectivity index (χ4v) is 2.09. The maximum atomic E-state index is 10.9. The van der Waals surface area contributed by atoms with Crippen LogP contribution >= 0.6 is 0 Å². The monoisotopic (exact) mass is 365 g/mol. The average molecular weight is 365 g/mol. The Morgan fingerprint density at radius 1 is 1.12 bits per heavy atom. The number of nitrogens with one attached hydrogen (secondary N) is 1. The number of ether oxygens (including phenoxy) is 2. The first-order valence-corrected chi connectivity index (χ1v) is 6.74. The van der Waals surface area contributed by atoms with Crippen LogP contribution in [0.4, 0.5) is 5.69 Å². The maximum absolute atomic E-state index is 10.9. The molecule has 0 aromatic heterocycles. The number of rotatable bonds is 4. The van der Waals surface area contributed by atoms with Crippen molar-refractivity contribution in [3.05, 3.63) is 24.3 Å². The van der Waals surface area contributed by atoms with Gasteiger partial charge in [0, 0.05) is 12.6 Å². The van der Waals surface area contributed by atoms with E-state index in [4.69, 9.17) is 9.47 Å². The summed E-state index contributed by atoms with van der Waals surface area (Å²) in [6.07, 6.45) is -8.61. The molecular weight excluding hydrogens is 349 g/mol. The molecule has 1 aliphatic rings.